The van der Waals surface area contributed by atoms with Gasteiger partial charge in [-0.15, -0.1) is 0 Å². The van der Waals surface area contributed by atoms with Crippen molar-refractivity contribution in [3.05, 3.63) is 75.5 Å². The highest BCUT2D eigenvalue weighted by Crippen LogP contribution is 2.70. The Balaban J connectivity index is 0.876. The second-order valence-corrected chi connectivity index (χ2v) is 18.7. The Morgan fingerprint density at radius 2 is 1.67 bits per heavy atom. The number of H-pyrrole nitrogens is 1. The topological polar surface area (TPSA) is 128 Å². The van der Waals surface area contributed by atoms with Gasteiger partial charge >= 0.3 is 0 Å². The molecule has 5 aliphatic rings. The summed E-state index contributed by atoms with van der Waals surface area (Å²) in [5, 5.41) is 11.7. The zero-order valence-electron chi connectivity index (χ0n) is 33.6. The normalized spacial score (nSPS) is 26.2. The van der Waals surface area contributed by atoms with Crippen LogP contribution in [0, 0.1) is 36.0 Å². The molecule has 1 saturated heterocycles. The van der Waals surface area contributed by atoms with Crippen molar-refractivity contribution in [1.29, 1.82) is 0 Å². The molecule has 9 rings (SSSR count). The van der Waals surface area contributed by atoms with Crippen molar-refractivity contribution in [3.8, 4) is 11.1 Å². The van der Waals surface area contributed by atoms with E-state index >= 15 is 0 Å². The molecule has 4 bridgehead atoms. The summed E-state index contributed by atoms with van der Waals surface area (Å²) in [5.74, 6) is 1.72. The van der Waals surface area contributed by atoms with Crippen molar-refractivity contribution < 1.29 is 9.59 Å². The van der Waals surface area contributed by atoms with Crippen molar-refractivity contribution in [2.45, 2.75) is 99.1 Å². The molecule has 11 heteroatoms. The largest absolute Gasteiger partial charge is 0.355 e. The first-order valence-electron chi connectivity index (χ1n) is 20.4. The van der Waals surface area contributed by atoms with E-state index in [0.717, 1.165) is 77.7 Å². The maximum Gasteiger partial charge on any atom is 0.253 e. The maximum atomic E-state index is 13.7. The first-order chi connectivity index (χ1) is 26.2. The Morgan fingerprint density at radius 1 is 0.927 bits per heavy atom. The first-order valence-corrected chi connectivity index (χ1v) is 20.4. The van der Waals surface area contributed by atoms with E-state index in [0.29, 0.717) is 34.9 Å². The van der Waals surface area contributed by atoms with E-state index in [1.54, 1.807) is 6.20 Å². The molecule has 4 heterocycles. The number of amides is 2. The number of nitrogens with zero attached hydrogens (tertiary/aromatic N) is 5. The van der Waals surface area contributed by atoms with Crippen molar-refractivity contribution in [2.75, 3.05) is 44.2 Å². The number of rotatable bonds is 11. The van der Waals surface area contributed by atoms with E-state index in [9.17, 15) is 14.4 Å². The number of aryl methyl sites for hydroxylation is 2. The van der Waals surface area contributed by atoms with Crippen LogP contribution >= 0.6 is 0 Å². The molecule has 1 aromatic carbocycles. The lowest BCUT2D eigenvalue weighted by Crippen LogP contribution is -2.56. The minimum Gasteiger partial charge on any atom is -0.355 e. The van der Waals surface area contributed by atoms with E-state index in [2.05, 4.69) is 76.4 Å². The molecule has 1 aliphatic heterocycles. The summed E-state index contributed by atoms with van der Waals surface area (Å²) in [7, 11) is 0. The van der Waals surface area contributed by atoms with Crippen LogP contribution in [0.5, 0.6) is 0 Å². The minimum atomic E-state index is -0.261. The Bertz CT molecular complexity index is 2140. The number of hydrogen-bond acceptors (Lipinski definition) is 7. The zero-order valence-corrected chi connectivity index (χ0v) is 33.6. The van der Waals surface area contributed by atoms with Crippen LogP contribution in [0.15, 0.2) is 47.5 Å². The number of aromatic nitrogens is 4. The van der Waals surface area contributed by atoms with Crippen LogP contribution in [-0.4, -0.2) is 75.7 Å². The third-order valence-electron chi connectivity index (χ3n) is 13.2. The molecular weight excluding hydrogens is 689 g/mol. The molecule has 3 N–H and O–H groups in total. The molecule has 11 nitrogen and oxygen atoms in total. The number of hydrogen-bond donors (Lipinski definition) is 3. The van der Waals surface area contributed by atoms with Gasteiger partial charge in [-0.25, -0.2) is 4.98 Å². The third-order valence-corrected chi connectivity index (χ3v) is 13.2. The number of anilines is 1. The third kappa shape index (κ3) is 7.56. The fraction of sp³-hybridized carbons (Fsp3) is 0.568. The predicted octanol–water partition coefficient (Wildman–Crippen LogP) is 6.54. The molecule has 4 aliphatic carbocycles. The molecule has 0 unspecified atom stereocenters. The summed E-state index contributed by atoms with van der Waals surface area (Å²) in [5.41, 5.74) is 6.24. The number of carbonyl (C=O) groups excluding carboxylic acids is 2. The molecule has 292 valence electrons. The summed E-state index contributed by atoms with van der Waals surface area (Å²) in [6, 6.07) is 10.1. The Kier molecular flexibility index (Phi) is 9.67. The molecule has 0 spiro atoms. The van der Waals surface area contributed by atoms with Crippen molar-refractivity contribution in [2.24, 2.45) is 22.2 Å². The monoisotopic (exact) mass is 746 g/mol. The van der Waals surface area contributed by atoms with Gasteiger partial charge in [0.15, 0.2) is 0 Å². The smallest absolute Gasteiger partial charge is 0.253 e. The van der Waals surface area contributed by atoms with Gasteiger partial charge in [-0.3, -0.25) is 24.0 Å². The number of piperazine rings is 1. The van der Waals surface area contributed by atoms with Crippen molar-refractivity contribution in [3.63, 3.8) is 0 Å². The van der Waals surface area contributed by atoms with Gasteiger partial charge in [0.25, 0.3) is 11.5 Å². The lowest BCUT2D eigenvalue weighted by molar-refractivity contribution is -0.156. The van der Waals surface area contributed by atoms with Gasteiger partial charge in [-0.1, -0.05) is 13.8 Å². The first kappa shape index (κ1) is 37.4. The highest BCUT2D eigenvalue weighted by Gasteiger charge is 2.60. The van der Waals surface area contributed by atoms with Gasteiger partial charge in [0.2, 0.25) is 5.91 Å². The maximum absolute atomic E-state index is 13.7. The molecule has 5 fully saturated rings. The van der Waals surface area contributed by atoms with Crippen LogP contribution in [0.3, 0.4) is 0 Å². The predicted molar refractivity (Wildman–Crippen MR) is 217 cm³/mol. The van der Waals surface area contributed by atoms with E-state index in [1.165, 1.54) is 38.5 Å². The van der Waals surface area contributed by atoms with Crippen LogP contribution < -0.4 is 21.1 Å². The number of pyridine rings is 2. The molecule has 4 atom stereocenters. The van der Waals surface area contributed by atoms with Crippen LogP contribution in [0.4, 0.5) is 5.82 Å². The van der Waals surface area contributed by atoms with Gasteiger partial charge in [0.05, 0.1) is 17.3 Å². The fourth-order valence-corrected chi connectivity index (χ4v) is 11.9. The van der Waals surface area contributed by atoms with E-state index in [-0.39, 0.29) is 35.4 Å². The van der Waals surface area contributed by atoms with Gasteiger partial charge in [0, 0.05) is 86.7 Å². The summed E-state index contributed by atoms with van der Waals surface area (Å²) in [4.78, 5) is 52.0. The second-order valence-electron chi connectivity index (χ2n) is 18.7. The number of aromatic amines is 1. The van der Waals surface area contributed by atoms with Gasteiger partial charge in [-0.2, -0.15) is 5.10 Å². The van der Waals surface area contributed by atoms with Gasteiger partial charge < -0.3 is 20.5 Å². The minimum absolute atomic E-state index is 0.103. The summed E-state index contributed by atoms with van der Waals surface area (Å²) < 4.78 is 1.93. The van der Waals surface area contributed by atoms with Gasteiger partial charge in [-0.05, 0) is 130 Å². The van der Waals surface area contributed by atoms with Crippen LogP contribution in [0.25, 0.3) is 22.0 Å². The summed E-state index contributed by atoms with van der Waals surface area (Å²) >= 11 is 0. The second kappa shape index (κ2) is 14.2. The lowest BCUT2D eigenvalue weighted by atomic mass is 9.40. The lowest BCUT2D eigenvalue weighted by Gasteiger charge is -2.65. The fourth-order valence-electron chi connectivity index (χ4n) is 11.9. The Hall–Kier alpha value is -4.51. The quantitative estimate of drug-likeness (QED) is 0.159. The highest BCUT2D eigenvalue weighted by atomic mass is 16.2. The zero-order chi connectivity index (χ0) is 38.7. The average molecular weight is 747 g/mol. The van der Waals surface area contributed by atoms with E-state index < -0.39 is 0 Å². The SMILES string of the molecule is Cc1cc(C)c(CNC(=O)c2cc(-c3ccc(N4CCN(CCNC(=O)C[C@@]56C[C@@H]7C[C@@](C)(C[C@@](C)(C7)C5)C6)CC4)nc3)cc3c2cnn3C(C)C)c(=O)[nH]1. The Labute approximate surface area is 324 Å². The number of carbonyl (C=O) groups is 2. The molecule has 55 heavy (non-hydrogen) atoms. The Morgan fingerprint density at radius 3 is 2.33 bits per heavy atom. The molecular formula is C44H58N8O3. The number of fused-ring (bicyclic) bond motifs is 1. The van der Waals surface area contributed by atoms with Crippen LogP contribution in [0.1, 0.15) is 106 Å². The summed E-state index contributed by atoms with van der Waals surface area (Å²) in [6.07, 6.45) is 12.1. The van der Waals surface area contributed by atoms with E-state index in [4.69, 9.17) is 4.98 Å². The molecule has 3 aromatic heterocycles. The molecule has 0 radical (unpaired) electrons. The standard InChI is InChI=1S/C44H58N8O3/c1-28(2)52-37-17-33(16-34(36(37)24-48-52)40(54)47-23-35-29(3)15-30(4)49-41(35)55)32-7-8-38(46-22-32)51-13-11-50(12-14-51)10-9-45-39(53)21-44-20-31-18-42(5,26-44)25-43(6,19-31)27-44/h7-8,15-17,22,24,28,31H,9-14,18-21,23,25-27H2,1-6H3,(H,45,53)(H,47,54)(H,49,55)/t31-,42+,43-,44-. The van der Waals surface area contributed by atoms with Crippen LogP contribution in [0.2, 0.25) is 0 Å². The number of nitrogens with one attached hydrogen (secondary N) is 3. The molecule has 2 amide bonds. The average Bonchev–Trinajstić information content (AvgIpc) is 3.54. The van der Waals surface area contributed by atoms with E-state index in [1.807, 2.05) is 36.9 Å². The molecule has 4 saturated carbocycles. The van der Waals surface area contributed by atoms with Gasteiger partial charge in [0.1, 0.15) is 5.82 Å². The van der Waals surface area contributed by atoms with Crippen molar-refractivity contribution >= 4 is 28.5 Å². The van der Waals surface area contributed by atoms with Crippen LogP contribution in [-0.2, 0) is 11.3 Å². The summed E-state index contributed by atoms with van der Waals surface area (Å²) in [6.45, 7) is 18.1. The number of benzene rings is 1. The molecule has 4 aromatic rings. The highest BCUT2D eigenvalue weighted by molar-refractivity contribution is 6.08. The van der Waals surface area contributed by atoms with Crippen molar-refractivity contribution in [1.82, 2.24) is 35.3 Å².